The van der Waals surface area contributed by atoms with Gasteiger partial charge in [-0.1, -0.05) is 13.8 Å². The molecule has 0 spiro atoms. The number of hydrogen-bond donors (Lipinski definition) is 2. The molecule has 0 heterocycles. The first-order valence-corrected chi connectivity index (χ1v) is 8.31. The first-order valence-electron chi connectivity index (χ1n) is 8.31. The first kappa shape index (κ1) is 22.0. The smallest absolute Gasteiger partial charge is 0.239 e. The van der Waals surface area contributed by atoms with Gasteiger partial charge in [0.15, 0.2) is 0 Å². The summed E-state index contributed by atoms with van der Waals surface area (Å²) in [6, 6.07) is 0. The van der Waals surface area contributed by atoms with E-state index < -0.39 is 0 Å². The maximum absolute atomic E-state index is 12.0. The second-order valence-corrected chi connectivity index (χ2v) is 5.49. The lowest BCUT2D eigenvalue weighted by molar-refractivity contribution is -0.136. The number of nitrogens with zero attached hydrogens (tertiary/aromatic N) is 2. The molecule has 0 aromatic heterocycles. The number of nitrogens with one attached hydrogen (secondary N) is 2. The predicted octanol–water partition coefficient (Wildman–Crippen LogP) is -0.612. The molecule has 3 amide bonds. The van der Waals surface area contributed by atoms with Crippen molar-refractivity contribution in [3.8, 4) is 0 Å². The van der Waals surface area contributed by atoms with Crippen molar-refractivity contribution in [2.45, 2.75) is 33.6 Å². The van der Waals surface area contributed by atoms with Gasteiger partial charge >= 0.3 is 0 Å². The molecule has 0 aromatic carbocycles. The summed E-state index contributed by atoms with van der Waals surface area (Å²) in [6.45, 7) is 6.52. The van der Waals surface area contributed by atoms with E-state index in [0.717, 1.165) is 0 Å². The number of ketones is 1. The van der Waals surface area contributed by atoms with Crippen LogP contribution in [0.5, 0.6) is 0 Å². The minimum Gasteiger partial charge on any atom is -0.353 e. The van der Waals surface area contributed by atoms with Crippen LogP contribution in [0, 0.1) is 0 Å². The van der Waals surface area contributed by atoms with Gasteiger partial charge in [-0.2, -0.15) is 0 Å². The Morgan fingerprint density at radius 3 is 1.79 bits per heavy atom. The average molecular weight is 342 g/mol. The number of rotatable bonds is 12. The van der Waals surface area contributed by atoms with Gasteiger partial charge in [0, 0.05) is 39.0 Å². The van der Waals surface area contributed by atoms with Crippen LogP contribution in [-0.4, -0.2) is 79.6 Å². The van der Waals surface area contributed by atoms with Crippen molar-refractivity contribution < 1.29 is 19.2 Å². The molecular formula is C16H30N4O4. The van der Waals surface area contributed by atoms with Crippen LogP contribution in [-0.2, 0) is 19.2 Å². The van der Waals surface area contributed by atoms with Crippen LogP contribution in [0.3, 0.4) is 0 Å². The fraction of sp³-hybridized carbons (Fsp3) is 0.750. The molecule has 0 atom stereocenters. The molecule has 0 radical (unpaired) electrons. The van der Waals surface area contributed by atoms with E-state index >= 15 is 0 Å². The Bertz CT molecular complexity index is 440. The normalized spacial score (nSPS) is 10.2. The van der Waals surface area contributed by atoms with Gasteiger partial charge in [0.05, 0.1) is 13.1 Å². The van der Waals surface area contributed by atoms with E-state index in [0.29, 0.717) is 25.9 Å². The summed E-state index contributed by atoms with van der Waals surface area (Å²) >= 11 is 0. The third-order valence-corrected chi connectivity index (χ3v) is 3.39. The van der Waals surface area contributed by atoms with E-state index in [4.69, 9.17) is 0 Å². The van der Waals surface area contributed by atoms with Gasteiger partial charge in [-0.3, -0.25) is 19.2 Å². The Morgan fingerprint density at radius 1 is 0.833 bits per heavy atom. The fourth-order valence-corrected chi connectivity index (χ4v) is 2.11. The van der Waals surface area contributed by atoms with Crippen molar-refractivity contribution in [3.05, 3.63) is 0 Å². The average Bonchev–Trinajstić information content (AvgIpc) is 2.55. The van der Waals surface area contributed by atoms with Gasteiger partial charge in [-0.25, -0.2) is 0 Å². The van der Waals surface area contributed by atoms with Crippen LogP contribution in [0.1, 0.15) is 33.6 Å². The van der Waals surface area contributed by atoms with E-state index in [1.165, 1.54) is 16.7 Å². The third kappa shape index (κ3) is 9.24. The van der Waals surface area contributed by atoms with Crippen LogP contribution >= 0.6 is 0 Å². The molecule has 0 unspecified atom stereocenters. The maximum Gasteiger partial charge on any atom is 0.239 e. The lowest BCUT2D eigenvalue weighted by atomic mass is 10.3. The van der Waals surface area contributed by atoms with E-state index in [1.54, 1.807) is 20.9 Å². The quantitative estimate of drug-likeness (QED) is 0.493. The van der Waals surface area contributed by atoms with Crippen molar-refractivity contribution in [2.24, 2.45) is 0 Å². The molecule has 0 aromatic rings. The van der Waals surface area contributed by atoms with Gasteiger partial charge < -0.3 is 20.4 Å². The standard InChI is InChI=1S/C16H30N4O4/c1-5-15(23)19(11-13(3)21)10-8-18-14(22)12-20(9-7-17-4)16(24)6-2/h17H,5-12H2,1-4H3,(H,18,22). The minimum absolute atomic E-state index is 0.0111. The lowest BCUT2D eigenvalue weighted by Crippen LogP contribution is -2.45. The van der Waals surface area contributed by atoms with Crippen LogP contribution in [0.2, 0.25) is 0 Å². The summed E-state index contributed by atoms with van der Waals surface area (Å²) in [5, 5.41) is 5.64. The lowest BCUT2D eigenvalue weighted by Gasteiger charge is -2.23. The van der Waals surface area contributed by atoms with Gasteiger partial charge in [-0.15, -0.1) is 0 Å². The second kappa shape index (κ2) is 12.5. The van der Waals surface area contributed by atoms with E-state index in [1.807, 2.05) is 0 Å². The molecule has 8 nitrogen and oxygen atoms in total. The number of carbonyl (C=O) groups excluding carboxylic acids is 4. The van der Waals surface area contributed by atoms with E-state index in [2.05, 4.69) is 10.6 Å². The highest BCUT2D eigenvalue weighted by molar-refractivity contribution is 5.85. The Morgan fingerprint density at radius 2 is 1.33 bits per heavy atom. The molecule has 0 bridgehead atoms. The Kier molecular flexibility index (Phi) is 11.4. The Labute approximate surface area is 143 Å². The summed E-state index contributed by atoms with van der Waals surface area (Å²) in [5.74, 6) is -0.592. The molecule has 8 heteroatoms. The zero-order valence-corrected chi connectivity index (χ0v) is 15.2. The first-order chi connectivity index (χ1) is 11.3. The summed E-state index contributed by atoms with van der Waals surface area (Å²) in [5.41, 5.74) is 0. The van der Waals surface area contributed by atoms with Gasteiger partial charge in [0.2, 0.25) is 17.7 Å². The van der Waals surface area contributed by atoms with Crippen LogP contribution in [0.25, 0.3) is 0 Å². The molecule has 0 aliphatic heterocycles. The van der Waals surface area contributed by atoms with Crippen LogP contribution < -0.4 is 10.6 Å². The Balaban J connectivity index is 4.40. The van der Waals surface area contributed by atoms with E-state index in [-0.39, 0.29) is 49.7 Å². The van der Waals surface area contributed by atoms with Crippen LogP contribution in [0.4, 0.5) is 0 Å². The van der Waals surface area contributed by atoms with Crippen molar-refractivity contribution >= 4 is 23.5 Å². The Hall–Kier alpha value is -1.96. The minimum atomic E-state index is -0.278. The number of hydrogen-bond acceptors (Lipinski definition) is 5. The predicted molar refractivity (Wildman–Crippen MR) is 91.4 cm³/mol. The fourth-order valence-electron chi connectivity index (χ4n) is 2.11. The van der Waals surface area contributed by atoms with Crippen molar-refractivity contribution in [3.63, 3.8) is 0 Å². The number of Topliss-reactive ketones (excluding diaryl/α,β-unsaturated/α-hetero) is 1. The highest BCUT2D eigenvalue weighted by Crippen LogP contribution is 1.95. The molecule has 24 heavy (non-hydrogen) atoms. The van der Waals surface area contributed by atoms with Gasteiger partial charge in [0.25, 0.3) is 0 Å². The third-order valence-electron chi connectivity index (χ3n) is 3.39. The highest BCUT2D eigenvalue weighted by atomic mass is 16.2. The van der Waals surface area contributed by atoms with E-state index in [9.17, 15) is 19.2 Å². The van der Waals surface area contributed by atoms with Crippen LogP contribution in [0.15, 0.2) is 0 Å². The van der Waals surface area contributed by atoms with Gasteiger partial charge in [-0.05, 0) is 14.0 Å². The number of likely N-dealkylation sites (N-methyl/N-ethyl adjacent to an activating group) is 1. The molecular weight excluding hydrogens is 312 g/mol. The SMILES string of the molecule is CCC(=O)N(CCNC(=O)CN(CCNC)C(=O)CC)CC(C)=O. The summed E-state index contributed by atoms with van der Waals surface area (Å²) in [6.07, 6.45) is 0.651. The zero-order valence-electron chi connectivity index (χ0n) is 15.2. The maximum atomic E-state index is 12.0. The number of carbonyl (C=O) groups is 4. The monoisotopic (exact) mass is 342 g/mol. The largest absolute Gasteiger partial charge is 0.353 e. The van der Waals surface area contributed by atoms with Crippen molar-refractivity contribution in [1.82, 2.24) is 20.4 Å². The molecule has 0 rings (SSSR count). The second-order valence-electron chi connectivity index (χ2n) is 5.49. The summed E-state index contributed by atoms with van der Waals surface area (Å²) < 4.78 is 0. The summed E-state index contributed by atoms with van der Waals surface area (Å²) in [7, 11) is 1.78. The zero-order chi connectivity index (χ0) is 18.5. The molecule has 0 aliphatic carbocycles. The van der Waals surface area contributed by atoms with Crippen molar-refractivity contribution in [1.29, 1.82) is 0 Å². The molecule has 2 N–H and O–H groups in total. The van der Waals surface area contributed by atoms with Crippen molar-refractivity contribution in [2.75, 3.05) is 46.3 Å². The summed E-state index contributed by atoms with van der Waals surface area (Å²) in [4.78, 5) is 49.7. The molecule has 138 valence electrons. The number of amides is 3. The highest BCUT2D eigenvalue weighted by Gasteiger charge is 2.16. The topological polar surface area (TPSA) is 98.8 Å². The molecule has 0 saturated carbocycles. The molecule has 0 saturated heterocycles. The van der Waals surface area contributed by atoms with Gasteiger partial charge in [0.1, 0.15) is 5.78 Å². The molecule has 0 aliphatic rings. The molecule has 0 fully saturated rings.